The van der Waals surface area contributed by atoms with Crippen LogP contribution >= 0.6 is 11.6 Å². The van der Waals surface area contributed by atoms with Gasteiger partial charge >= 0.3 is 5.97 Å². The minimum absolute atomic E-state index is 0.106. The fraction of sp³-hybridized carbons (Fsp3) is 0.300. The van der Waals surface area contributed by atoms with Gasteiger partial charge in [0.2, 0.25) is 15.9 Å². The minimum Gasteiger partial charge on any atom is -0.497 e. The van der Waals surface area contributed by atoms with Crippen molar-refractivity contribution >= 4 is 44.9 Å². The first kappa shape index (κ1) is 23.5. The fourth-order valence-corrected chi connectivity index (χ4v) is 4.18. The highest BCUT2D eigenvalue weighted by molar-refractivity contribution is 7.92. The molecule has 2 aromatic rings. The van der Waals surface area contributed by atoms with Gasteiger partial charge in [-0.25, -0.2) is 13.2 Å². The van der Waals surface area contributed by atoms with E-state index in [0.29, 0.717) is 17.1 Å². The Kier molecular flexibility index (Phi) is 7.69. The molecule has 0 fully saturated rings. The summed E-state index contributed by atoms with van der Waals surface area (Å²) in [5.41, 5.74) is 0.797. The van der Waals surface area contributed by atoms with E-state index >= 15 is 0 Å². The lowest BCUT2D eigenvalue weighted by molar-refractivity contribution is -0.116. The maximum absolute atomic E-state index is 12.8. The number of carbonyl (C=O) groups excluding carboxylic acids is 2. The van der Waals surface area contributed by atoms with E-state index in [2.05, 4.69) is 5.32 Å². The SMILES string of the molecule is CCOC(=O)c1ccc(NC(=O)[C@@H](C)N(c2ccc(OC)cc2)S(C)(=O)=O)cc1Cl. The van der Waals surface area contributed by atoms with Crippen molar-refractivity contribution < 1.29 is 27.5 Å². The van der Waals surface area contributed by atoms with Crippen LogP contribution in [0.1, 0.15) is 24.2 Å². The van der Waals surface area contributed by atoms with Gasteiger partial charge < -0.3 is 14.8 Å². The number of ether oxygens (including phenoxy) is 2. The third-order valence-electron chi connectivity index (χ3n) is 4.15. The molecule has 2 rings (SSSR count). The van der Waals surface area contributed by atoms with Gasteiger partial charge in [-0.05, 0) is 56.3 Å². The first-order chi connectivity index (χ1) is 14.1. The first-order valence-corrected chi connectivity index (χ1v) is 11.2. The number of nitrogens with zero attached hydrogens (tertiary/aromatic N) is 1. The molecule has 0 saturated heterocycles. The number of carbonyl (C=O) groups is 2. The zero-order valence-corrected chi connectivity index (χ0v) is 18.6. The molecule has 0 aliphatic heterocycles. The smallest absolute Gasteiger partial charge is 0.339 e. The number of methoxy groups -OCH3 is 1. The highest BCUT2D eigenvalue weighted by Gasteiger charge is 2.29. The third-order valence-corrected chi connectivity index (χ3v) is 5.70. The summed E-state index contributed by atoms with van der Waals surface area (Å²) in [7, 11) is -2.26. The van der Waals surface area contributed by atoms with E-state index < -0.39 is 27.9 Å². The second-order valence-corrected chi connectivity index (χ2v) is 8.60. The molecule has 1 N–H and O–H groups in total. The van der Waals surface area contributed by atoms with Crippen LogP contribution in [0.25, 0.3) is 0 Å². The summed E-state index contributed by atoms with van der Waals surface area (Å²) in [6, 6.07) is 9.56. The third kappa shape index (κ3) is 5.64. The van der Waals surface area contributed by atoms with Gasteiger partial charge in [0.1, 0.15) is 11.8 Å². The molecule has 162 valence electrons. The summed E-state index contributed by atoms with van der Waals surface area (Å²) in [4.78, 5) is 24.6. The summed E-state index contributed by atoms with van der Waals surface area (Å²) < 4.78 is 35.7. The van der Waals surface area contributed by atoms with Crippen LogP contribution in [0.5, 0.6) is 5.75 Å². The molecule has 8 nitrogen and oxygen atoms in total. The van der Waals surface area contributed by atoms with Crippen molar-refractivity contribution in [2.45, 2.75) is 19.9 Å². The van der Waals surface area contributed by atoms with Crippen LogP contribution in [0.4, 0.5) is 11.4 Å². The summed E-state index contributed by atoms with van der Waals surface area (Å²) >= 11 is 6.11. The molecule has 10 heteroatoms. The molecule has 0 heterocycles. The summed E-state index contributed by atoms with van der Waals surface area (Å²) in [6.07, 6.45) is 1.02. The summed E-state index contributed by atoms with van der Waals surface area (Å²) in [5.74, 6) is -0.590. The molecule has 0 aliphatic carbocycles. The molecule has 0 aromatic heterocycles. The average molecular weight is 455 g/mol. The zero-order chi connectivity index (χ0) is 22.5. The largest absolute Gasteiger partial charge is 0.497 e. The van der Waals surface area contributed by atoms with Gasteiger partial charge in [-0.1, -0.05) is 11.6 Å². The number of amides is 1. The van der Waals surface area contributed by atoms with Crippen LogP contribution in [0.15, 0.2) is 42.5 Å². The maximum atomic E-state index is 12.8. The predicted octanol–water partition coefficient (Wildman–Crippen LogP) is 3.32. The molecule has 0 aliphatic rings. The van der Waals surface area contributed by atoms with E-state index in [1.165, 1.54) is 32.2 Å². The number of rotatable bonds is 8. The topological polar surface area (TPSA) is 102 Å². The maximum Gasteiger partial charge on any atom is 0.339 e. The van der Waals surface area contributed by atoms with Crippen molar-refractivity contribution in [3.63, 3.8) is 0 Å². The normalized spacial score (nSPS) is 12.0. The lowest BCUT2D eigenvalue weighted by Gasteiger charge is -2.28. The van der Waals surface area contributed by atoms with Crippen LogP contribution in [-0.4, -0.2) is 46.3 Å². The van der Waals surface area contributed by atoms with Gasteiger partial charge in [-0.15, -0.1) is 0 Å². The number of esters is 1. The van der Waals surface area contributed by atoms with Crippen LogP contribution in [0.3, 0.4) is 0 Å². The Hall–Kier alpha value is -2.78. The van der Waals surface area contributed by atoms with E-state index in [-0.39, 0.29) is 17.2 Å². The van der Waals surface area contributed by atoms with Crippen LogP contribution in [0, 0.1) is 0 Å². The van der Waals surface area contributed by atoms with E-state index in [1.807, 2.05) is 0 Å². The van der Waals surface area contributed by atoms with E-state index in [4.69, 9.17) is 21.1 Å². The van der Waals surface area contributed by atoms with Gasteiger partial charge in [0.15, 0.2) is 0 Å². The number of halogens is 1. The molecular weight excluding hydrogens is 432 g/mol. The van der Waals surface area contributed by atoms with Gasteiger partial charge in [0.05, 0.1) is 36.2 Å². The van der Waals surface area contributed by atoms with Crippen molar-refractivity contribution in [3.05, 3.63) is 53.1 Å². The Bertz CT molecular complexity index is 1020. The lowest BCUT2D eigenvalue weighted by Crippen LogP contribution is -2.45. The van der Waals surface area contributed by atoms with Crippen molar-refractivity contribution in [1.29, 1.82) is 0 Å². The lowest BCUT2D eigenvalue weighted by atomic mass is 10.2. The Balaban J connectivity index is 2.25. The van der Waals surface area contributed by atoms with Crippen molar-refractivity contribution in [2.75, 3.05) is 29.6 Å². The molecule has 0 spiro atoms. The standard InChI is InChI=1S/C20H23ClN2O6S/c1-5-29-20(25)17-11-6-14(12-18(17)21)22-19(24)13(2)23(30(4,26)27)15-7-9-16(28-3)10-8-15/h6-13H,5H2,1-4H3,(H,22,24)/t13-/m1/s1. The van der Waals surface area contributed by atoms with Gasteiger partial charge in [0, 0.05) is 5.69 Å². The monoisotopic (exact) mass is 454 g/mol. The van der Waals surface area contributed by atoms with Crippen LogP contribution in [0.2, 0.25) is 5.02 Å². The second-order valence-electron chi connectivity index (χ2n) is 6.34. The van der Waals surface area contributed by atoms with Crippen molar-refractivity contribution in [1.82, 2.24) is 0 Å². The average Bonchev–Trinajstić information content (AvgIpc) is 2.67. The highest BCUT2D eigenvalue weighted by Crippen LogP contribution is 2.25. The molecule has 0 saturated carbocycles. The van der Waals surface area contributed by atoms with Gasteiger partial charge in [-0.3, -0.25) is 9.10 Å². The van der Waals surface area contributed by atoms with Crippen molar-refractivity contribution in [3.8, 4) is 5.75 Å². The van der Waals surface area contributed by atoms with Gasteiger partial charge in [0.25, 0.3) is 0 Å². The number of hydrogen-bond donors (Lipinski definition) is 1. The number of hydrogen-bond acceptors (Lipinski definition) is 6. The van der Waals surface area contributed by atoms with E-state index in [9.17, 15) is 18.0 Å². The molecule has 0 radical (unpaired) electrons. The summed E-state index contributed by atoms with van der Waals surface area (Å²) in [5, 5.41) is 2.72. The minimum atomic E-state index is -3.76. The highest BCUT2D eigenvalue weighted by atomic mass is 35.5. The van der Waals surface area contributed by atoms with E-state index in [1.54, 1.807) is 31.2 Å². The first-order valence-electron chi connectivity index (χ1n) is 8.99. The molecule has 0 unspecified atom stereocenters. The Morgan fingerprint density at radius 2 is 1.80 bits per heavy atom. The molecule has 2 aromatic carbocycles. The molecule has 1 atom stereocenters. The second kappa shape index (κ2) is 9.82. The molecule has 1 amide bonds. The van der Waals surface area contributed by atoms with Crippen LogP contribution < -0.4 is 14.4 Å². The fourth-order valence-electron chi connectivity index (χ4n) is 2.75. The number of nitrogens with one attached hydrogen (secondary N) is 1. The number of anilines is 2. The van der Waals surface area contributed by atoms with Crippen molar-refractivity contribution in [2.24, 2.45) is 0 Å². The number of sulfonamides is 1. The molecule has 0 bridgehead atoms. The Morgan fingerprint density at radius 3 is 2.30 bits per heavy atom. The number of benzene rings is 2. The summed E-state index contributed by atoms with van der Waals surface area (Å²) in [6.45, 7) is 3.35. The quantitative estimate of drug-likeness (QED) is 0.614. The Labute approximate surface area is 180 Å². The predicted molar refractivity (Wildman–Crippen MR) is 116 cm³/mol. The molecule has 30 heavy (non-hydrogen) atoms. The molecular formula is C20H23ClN2O6S. The Morgan fingerprint density at radius 1 is 1.17 bits per heavy atom. The zero-order valence-electron chi connectivity index (χ0n) is 17.0. The van der Waals surface area contributed by atoms with Gasteiger partial charge in [-0.2, -0.15) is 0 Å². The van der Waals surface area contributed by atoms with E-state index in [0.717, 1.165) is 10.6 Å². The van der Waals surface area contributed by atoms with Crippen LogP contribution in [-0.2, 0) is 19.6 Å².